The summed E-state index contributed by atoms with van der Waals surface area (Å²) in [4.78, 5) is 29.4. The molecule has 9 nitrogen and oxygen atoms in total. The monoisotopic (exact) mass is 430 g/mol. The van der Waals surface area contributed by atoms with Crippen molar-refractivity contribution in [3.8, 4) is 5.75 Å². The molecule has 30 heavy (non-hydrogen) atoms. The van der Waals surface area contributed by atoms with Gasteiger partial charge >= 0.3 is 5.97 Å². The largest absolute Gasteiger partial charge is 0.508 e. The van der Waals surface area contributed by atoms with Gasteiger partial charge in [0.15, 0.2) is 0 Å². The van der Waals surface area contributed by atoms with Crippen molar-refractivity contribution in [1.82, 2.24) is 0 Å². The number of phenols is 1. The van der Waals surface area contributed by atoms with Crippen molar-refractivity contribution in [2.75, 3.05) is 0 Å². The molecule has 3 aromatic carbocycles. The SMILES string of the molecule is O=C(O)c1cc([N+](=O)[O-])cc([N+](=O)[O-])c1.Oc1ccc(Cc2ccc(Cl)cc2)cc1. The summed E-state index contributed by atoms with van der Waals surface area (Å²) < 4.78 is 0. The van der Waals surface area contributed by atoms with Crippen molar-refractivity contribution >= 4 is 28.9 Å². The molecule has 10 heteroatoms. The molecule has 0 atom stereocenters. The zero-order valence-corrected chi connectivity index (χ0v) is 16.0. The predicted octanol–water partition coefficient (Wildman–Crippen LogP) is 4.84. The highest BCUT2D eigenvalue weighted by molar-refractivity contribution is 6.30. The summed E-state index contributed by atoms with van der Waals surface area (Å²) in [6.45, 7) is 0. The van der Waals surface area contributed by atoms with Gasteiger partial charge in [-0.3, -0.25) is 20.2 Å². The highest BCUT2D eigenvalue weighted by atomic mass is 35.5. The summed E-state index contributed by atoms with van der Waals surface area (Å²) in [6.07, 6.45) is 0.859. The predicted molar refractivity (Wildman–Crippen MR) is 109 cm³/mol. The van der Waals surface area contributed by atoms with E-state index in [0.29, 0.717) is 11.8 Å². The topological polar surface area (TPSA) is 144 Å². The third-order valence-electron chi connectivity index (χ3n) is 3.83. The molecule has 0 radical (unpaired) electrons. The van der Waals surface area contributed by atoms with Gasteiger partial charge in [-0.2, -0.15) is 0 Å². The zero-order valence-electron chi connectivity index (χ0n) is 15.3. The fourth-order valence-corrected chi connectivity index (χ4v) is 2.51. The van der Waals surface area contributed by atoms with Gasteiger partial charge < -0.3 is 10.2 Å². The van der Waals surface area contributed by atoms with Crippen LogP contribution in [-0.2, 0) is 6.42 Å². The van der Waals surface area contributed by atoms with Crippen LogP contribution < -0.4 is 0 Å². The first-order valence-corrected chi connectivity index (χ1v) is 8.73. The van der Waals surface area contributed by atoms with E-state index in [0.717, 1.165) is 23.6 Å². The Morgan fingerprint density at radius 1 is 0.833 bits per heavy atom. The van der Waals surface area contributed by atoms with Crippen LogP contribution in [0.1, 0.15) is 21.5 Å². The Balaban J connectivity index is 0.000000214. The second-order valence-electron chi connectivity index (χ2n) is 6.03. The molecule has 0 saturated carbocycles. The highest BCUT2D eigenvalue weighted by Gasteiger charge is 2.19. The fraction of sp³-hybridized carbons (Fsp3) is 0.0500. The van der Waals surface area contributed by atoms with E-state index in [1.54, 1.807) is 12.1 Å². The van der Waals surface area contributed by atoms with Gasteiger partial charge in [0.1, 0.15) is 5.75 Å². The first-order valence-electron chi connectivity index (χ1n) is 8.35. The number of carboxylic acid groups (broad SMARTS) is 1. The summed E-state index contributed by atoms with van der Waals surface area (Å²) in [7, 11) is 0. The third kappa shape index (κ3) is 6.57. The Labute approximate surface area is 175 Å². The second kappa shape index (κ2) is 9.99. The van der Waals surface area contributed by atoms with Crippen molar-refractivity contribution in [2.45, 2.75) is 6.42 Å². The van der Waals surface area contributed by atoms with E-state index in [-0.39, 0.29) is 0 Å². The minimum Gasteiger partial charge on any atom is -0.508 e. The molecule has 0 bridgehead atoms. The molecule has 0 amide bonds. The summed E-state index contributed by atoms with van der Waals surface area (Å²) in [6, 6.07) is 17.3. The van der Waals surface area contributed by atoms with Crippen molar-refractivity contribution in [3.63, 3.8) is 0 Å². The number of aromatic carboxylic acids is 1. The minimum atomic E-state index is -1.46. The second-order valence-corrected chi connectivity index (χ2v) is 6.46. The Hall–Kier alpha value is -3.98. The van der Waals surface area contributed by atoms with Crippen molar-refractivity contribution in [1.29, 1.82) is 0 Å². The van der Waals surface area contributed by atoms with Crippen molar-refractivity contribution in [2.24, 2.45) is 0 Å². The quantitative estimate of drug-likeness (QED) is 0.435. The first kappa shape index (κ1) is 22.3. The fourth-order valence-electron chi connectivity index (χ4n) is 2.38. The molecule has 154 valence electrons. The molecule has 0 heterocycles. The van der Waals surface area contributed by atoms with E-state index in [2.05, 4.69) is 0 Å². The number of carbonyl (C=O) groups is 1. The lowest BCUT2D eigenvalue weighted by Gasteiger charge is -2.02. The van der Waals surface area contributed by atoms with Gasteiger partial charge in [-0.25, -0.2) is 4.79 Å². The average Bonchev–Trinajstić information content (AvgIpc) is 2.71. The number of halogens is 1. The van der Waals surface area contributed by atoms with E-state index < -0.39 is 32.8 Å². The maximum absolute atomic E-state index is 10.5. The zero-order chi connectivity index (χ0) is 22.3. The Morgan fingerprint density at radius 3 is 1.67 bits per heavy atom. The van der Waals surface area contributed by atoms with Crippen molar-refractivity contribution in [3.05, 3.63) is 109 Å². The van der Waals surface area contributed by atoms with Gasteiger partial charge in [-0.05, 0) is 41.8 Å². The maximum Gasteiger partial charge on any atom is 0.336 e. The number of carboxylic acids is 1. The summed E-state index contributed by atoms with van der Waals surface area (Å²) >= 11 is 5.80. The van der Waals surface area contributed by atoms with Crippen molar-refractivity contribution < 1.29 is 24.9 Å². The van der Waals surface area contributed by atoms with Crippen LogP contribution in [0.15, 0.2) is 66.7 Å². The lowest BCUT2D eigenvalue weighted by Crippen LogP contribution is -2.00. The Morgan fingerprint density at radius 2 is 1.27 bits per heavy atom. The number of nitro benzene ring substituents is 2. The summed E-state index contributed by atoms with van der Waals surface area (Å²) in [5.74, 6) is -1.16. The Kier molecular flexibility index (Phi) is 7.43. The van der Waals surface area contributed by atoms with Gasteiger partial charge in [0.05, 0.1) is 21.5 Å². The van der Waals surface area contributed by atoms with Gasteiger partial charge in [0.25, 0.3) is 11.4 Å². The first-order chi connectivity index (χ1) is 14.2. The average molecular weight is 431 g/mol. The molecule has 0 unspecified atom stereocenters. The van der Waals surface area contributed by atoms with E-state index in [9.17, 15) is 25.0 Å². The van der Waals surface area contributed by atoms with E-state index in [1.807, 2.05) is 36.4 Å². The number of hydrogen-bond acceptors (Lipinski definition) is 6. The molecule has 0 spiro atoms. The van der Waals surface area contributed by atoms with Crippen LogP contribution in [0.25, 0.3) is 0 Å². The van der Waals surface area contributed by atoms with E-state index in [4.69, 9.17) is 21.8 Å². The molecule has 0 aliphatic rings. The molecule has 0 aromatic heterocycles. The number of hydrogen-bond donors (Lipinski definition) is 2. The molecular weight excluding hydrogens is 416 g/mol. The summed E-state index contributed by atoms with van der Waals surface area (Å²) in [5.41, 5.74) is 0.652. The highest BCUT2D eigenvalue weighted by Crippen LogP contribution is 2.22. The number of nitrogens with zero attached hydrogens (tertiary/aromatic N) is 2. The number of non-ortho nitro benzene ring substituents is 2. The molecule has 0 fully saturated rings. The minimum absolute atomic E-state index is 0.301. The van der Waals surface area contributed by atoms with Crippen LogP contribution >= 0.6 is 11.6 Å². The Bertz CT molecular complexity index is 945. The standard InChI is InChI=1S/C13H11ClO.C7H4N2O6/c14-12-5-1-10(2-6-12)9-11-3-7-13(15)8-4-11;10-7(11)4-1-5(8(12)13)3-6(2-4)9(14)15/h1-8,15H,9H2;1-3H,(H,10,11). The lowest BCUT2D eigenvalue weighted by molar-refractivity contribution is -0.394. The molecule has 0 aliphatic heterocycles. The van der Waals surface area contributed by atoms with E-state index >= 15 is 0 Å². The van der Waals surface area contributed by atoms with Crippen LogP contribution in [0.2, 0.25) is 5.02 Å². The third-order valence-corrected chi connectivity index (χ3v) is 4.08. The number of phenolic OH excluding ortho intramolecular Hbond substituents is 1. The molecule has 0 saturated heterocycles. The van der Waals surface area contributed by atoms with Gasteiger partial charge in [-0.1, -0.05) is 35.9 Å². The lowest BCUT2D eigenvalue weighted by atomic mass is 10.1. The molecule has 3 rings (SSSR count). The van der Waals surface area contributed by atoms with Gasteiger partial charge in [0.2, 0.25) is 0 Å². The number of nitro groups is 2. The number of rotatable bonds is 5. The molecule has 3 aromatic rings. The molecular formula is C20H15ClN2O7. The molecule has 2 N–H and O–H groups in total. The normalized spacial score (nSPS) is 9.90. The maximum atomic E-state index is 10.5. The number of aromatic hydroxyl groups is 1. The van der Waals surface area contributed by atoms with Crippen LogP contribution in [-0.4, -0.2) is 26.0 Å². The summed E-state index contributed by atoms with van der Waals surface area (Å²) in [5, 5.41) is 39.1. The van der Waals surface area contributed by atoms with Gasteiger partial charge in [-0.15, -0.1) is 0 Å². The van der Waals surface area contributed by atoms with E-state index in [1.165, 1.54) is 11.1 Å². The van der Waals surface area contributed by atoms with Crippen LogP contribution in [0.3, 0.4) is 0 Å². The van der Waals surface area contributed by atoms with Gasteiger partial charge in [0, 0.05) is 17.2 Å². The number of benzene rings is 3. The van der Waals surface area contributed by atoms with Crippen LogP contribution in [0.4, 0.5) is 11.4 Å². The van der Waals surface area contributed by atoms with Crippen LogP contribution in [0, 0.1) is 20.2 Å². The molecule has 0 aliphatic carbocycles. The smallest absolute Gasteiger partial charge is 0.336 e. The van der Waals surface area contributed by atoms with Crippen LogP contribution in [0.5, 0.6) is 5.75 Å².